The van der Waals surface area contributed by atoms with Crippen molar-refractivity contribution in [3.63, 3.8) is 0 Å². The molecular formula is C34H37N2O+. The highest BCUT2D eigenvalue weighted by atomic mass is 16.5. The van der Waals surface area contributed by atoms with Gasteiger partial charge in [-0.05, 0) is 69.8 Å². The number of fused-ring (bicyclic) bond motifs is 5. The van der Waals surface area contributed by atoms with E-state index in [9.17, 15) is 0 Å². The smallest absolute Gasteiger partial charge is 0.228 e. The standard InChI is InChI=1S/C34H37N2O/c1-20-24-11-9-10-12-25(24)26(18-34(5,6)7)31-28(20)30-29-21(13-14-36(30)8)15-22-16-23(17-33(2,3)4)35-19-27(22)32(29)37-31/h9-16,19H,17-18H2,1-8H3/q+1. The lowest BCUT2D eigenvalue weighted by Gasteiger charge is -2.28. The first kappa shape index (κ1) is 23.9. The lowest BCUT2D eigenvalue weighted by atomic mass is 9.81. The Morgan fingerprint density at radius 1 is 0.811 bits per heavy atom. The van der Waals surface area contributed by atoms with Crippen LogP contribution in [0.15, 0.2) is 54.9 Å². The number of ether oxygens (including phenoxy) is 1. The third kappa shape index (κ3) is 3.96. The Morgan fingerprint density at radius 3 is 2.22 bits per heavy atom. The number of hydrogen-bond acceptors (Lipinski definition) is 2. The Labute approximate surface area is 220 Å². The normalized spacial score (nSPS) is 13.3. The zero-order valence-electron chi connectivity index (χ0n) is 23.4. The van der Waals surface area contributed by atoms with Crippen LogP contribution in [0.2, 0.25) is 0 Å². The van der Waals surface area contributed by atoms with E-state index < -0.39 is 0 Å². The van der Waals surface area contributed by atoms with E-state index in [1.54, 1.807) is 0 Å². The van der Waals surface area contributed by atoms with Crippen molar-refractivity contribution in [1.82, 2.24) is 4.98 Å². The van der Waals surface area contributed by atoms with Gasteiger partial charge in [-0.1, -0.05) is 65.8 Å². The molecular weight excluding hydrogens is 452 g/mol. The molecule has 0 bridgehead atoms. The van der Waals surface area contributed by atoms with Crippen molar-refractivity contribution >= 4 is 32.3 Å². The first-order valence-electron chi connectivity index (χ1n) is 13.4. The van der Waals surface area contributed by atoms with Crippen molar-refractivity contribution < 1.29 is 9.30 Å². The van der Waals surface area contributed by atoms with Gasteiger partial charge in [-0.2, -0.15) is 0 Å². The van der Waals surface area contributed by atoms with Gasteiger partial charge >= 0.3 is 0 Å². The summed E-state index contributed by atoms with van der Waals surface area (Å²) in [5, 5.41) is 7.25. The predicted octanol–water partition coefficient (Wildman–Crippen LogP) is 8.62. The summed E-state index contributed by atoms with van der Waals surface area (Å²) in [5.74, 6) is 1.94. The van der Waals surface area contributed by atoms with Crippen LogP contribution in [0.4, 0.5) is 0 Å². The van der Waals surface area contributed by atoms with Crippen molar-refractivity contribution in [3.05, 3.63) is 71.7 Å². The van der Waals surface area contributed by atoms with E-state index in [4.69, 9.17) is 9.72 Å². The summed E-state index contributed by atoms with van der Waals surface area (Å²) in [5.41, 5.74) is 6.44. The van der Waals surface area contributed by atoms with Gasteiger partial charge in [-0.25, -0.2) is 4.57 Å². The van der Waals surface area contributed by atoms with Gasteiger partial charge in [0.2, 0.25) is 5.69 Å². The molecule has 1 aliphatic heterocycles. The van der Waals surface area contributed by atoms with Crippen molar-refractivity contribution in [1.29, 1.82) is 0 Å². The molecule has 5 aromatic rings. The number of pyridine rings is 2. The van der Waals surface area contributed by atoms with Crippen LogP contribution in [0, 0.1) is 17.8 Å². The average Bonchev–Trinajstić information content (AvgIpc) is 2.81. The largest absolute Gasteiger partial charge is 0.455 e. The summed E-state index contributed by atoms with van der Waals surface area (Å²) in [6.07, 6.45) is 6.10. The molecule has 2 aromatic heterocycles. The topological polar surface area (TPSA) is 26.0 Å². The van der Waals surface area contributed by atoms with Gasteiger partial charge in [0.1, 0.15) is 12.8 Å². The summed E-state index contributed by atoms with van der Waals surface area (Å²) in [4.78, 5) is 4.90. The first-order valence-corrected chi connectivity index (χ1v) is 13.4. The number of rotatable bonds is 2. The van der Waals surface area contributed by atoms with Gasteiger partial charge in [-0.15, -0.1) is 0 Å². The second-order valence-electron chi connectivity index (χ2n) is 13.3. The van der Waals surface area contributed by atoms with Crippen molar-refractivity contribution in [2.45, 2.75) is 61.3 Å². The molecule has 0 spiro atoms. The van der Waals surface area contributed by atoms with Gasteiger partial charge in [-0.3, -0.25) is 4.98 Å². The highest BCUT2D eigenvalue weighted by molar-refractivity contribution is 6.13. The minimum atomic E-state index is 0.117. The Balaban J connectivity index is 1.72. The number of aromatic nitrogens is 2. The molecule has 0 saturated carbocycles. The molecule has 0 fully saturated rings. The summed E-state index contributed by atoms with van der Waals surface area (Å²) >= 11 is 0. The van der Waals surface area contributed by atoms with Crippen molar-refractivity contribution in [3.8, 4) is 22.8 Å². The molecule has 1 aliphatic rings. The fourth-order valence-electron chi connectivity index (χ4n) is 6.05. The highest BCUT2D eigenvalue weighted by Gasteiger charge is 2.34. The van der Waals surface area contributed by atoms with E-state index in [0.29, 0.717) is 0 Å². The summed E-state index contributed by atoms with van der Waals surface area (Å²) in [7, 11) is 2.15. The summed E-state index contributed by atoms with van der Waals surface area (Å²) < 4.78 is 9.34. The lowest BCUT2D eigenvalue weighted by molar-refractivity contribution is -0.659. The molecule has 0 radical (unpaired) electrons. The molecule has 0 atom stereocenters. The fraction of sp³-hybridized carbons (Fsp3) is 0.353. The molecule has 0 N–H and O–H groups in total. The zero-order valence-corrected chi connectivity index (χ0v) is 23.4. The third-order valence-corrected chi connectivity index (χ3v) is 7.52. The van der Waals surface area contributed by atoms with Gasteiger partial charge in [0.05, 0.1) is 10.9 Å². The maximum atomic E-state index is 7.07. The molecule has 3 nitrogen and oxygen atoms in total. The van der Waals surface area contributed by atoms with Crippen LogP contribution in [0.3, 0.4) is 0 Å². The lowest BCUT2D eigenvalue weighted by Crippen LogP contribution is -2.32. The second-order valence-corrected chi connectivity index (χ2v) is 13.3. The Bertz CT molecular complexity index is 1730. The highest BCUT2D eigenvalue weighted by Crippen LogP contribution is 2.53. The molecule has 37 heavy (non-hydrogen) atoms. The number of benzene rings is 3. The molecule has 188 valence electrons. The monoisotopic (exact) mass is 489 g/mol. The predicted molar refractivity (Wildman–Crippen MR) is 154 cm³/mol. The van der Waals surface area contributed by atoms with E-state index in [1.165, 1.54) is 49.3 Å². The van der Waals surface area contributed by atoms with Gasteiger partial charge < -0.3 is 4.74 Å². The average molecular weight is 490 g/mol. The van der Waals surface area contributed by atoms with E-state index in [-0.39, 0.29) is 10.8 Å². The van der Waals surface area contributed by atoms with Crippen LogP contribution in [0.1, 0.15) is 58.4 Å². The zero-order chi connectivity index (χ0) is 26.3. The number of nitrogens with zero attached hydrogens (tertiary/aromatic N) is 2. The van der Waals surface area contributed by atoms with Crippen LogP contribution in [0.25, 0.3) is 43.6 Å². The molecule has 3 aromatic carbocycles. The van der Waals surface area contributed by atoms with E-state index >= 15 is 0 Å². The van der Waals surface area contributed by atoms with Crippen LogP contribution in [-0.4, -0.2) is 4.98 Å². The fourth-order valence-corrected chi connectivity index (χ4v) is 6.05. The second kappa shape index (κ2) is 8.02. The molecule has 3 heteroatoms. The molecule has 0 saturated heterocycles. The Hall–Kier alpha value is -3.46. The Kier molecular flexibility index (Phi) is 5.18. The van der Waals surface area contributed by atoms with Crippen LogP contribution in [-0.2, 0) is 19.9 Å². The van der Waals surface area contributed by atoms with E-state index in [1.807, 2.05) is 6.20 Å². The van der Waals surface area contributed by atoms with Crippen LogP contribution >= 0.6 is 0 Å². The minimum Gasteiger partial charge on any atom is -0.455 e. The SMILES string of the molecule is Cc1c2c(c(CC(C)(C)C)c3ccccc13)Oc1c3cnc(CC(C)(C)C)cc3cc3cc[n+](C)c-2c13. The summed E-state index contributed by atoms with van der Waals surface area (Å²) in [6.45, 7) is 16.0. The van der Waals surface area contributed by atoms with Gasteiger partial charge in [0.25, 0.3) is 0 Å². The van der Waals surface area contributed by atoms with Gasteiger partial charge in [0.15, 0.2) is 11.9 Å². The maximum Gasteiger partial charge on any atom is 0.228 e. The van der Waals surface area contributed by atoms with Crippen LogP contribution in [0.5, 0.6) is 11.5 Å². The van der Waals surface area contributed by atoms with Gasteiger partial charge in [0, 0.05) is 28.9 Å². The van der Waals surface area contributed by atoms with Crippen molar-refractivity contribution in [2.75, 3.05) is 0 Å². The summed E-state index contributed by atoms with van der Waals surface area (Å²) in [6, 6.07) is 15.6. The minimum absolute atomic E-state index is 0.117. The van der Waals surface area contributed by atoms with E-state index in [0.717, 1.165) is 35.4 Å². The first-order chi connectivity index (χ1) is 17.4. The third-order valence-electron chi connectivity index (χ3n) is 7.52. The molecule has 0 aliphatic carbocycles. The van der Waals surface area contributed by atoms with E-state index in [2.05, 4.69) is 109 Å². The molecule has 0 unspecified atom stereocenters. The number of hydrogen-bond donors (Lipinski definition) is 0. The maximum absolute atomic E-state index is 7.07. The molecule has 3 heterocycles. The quantitative estimate of drug-likeness (QED) is 0.180. The van der Waals surface area contributed by atoms with Crippen molar-refractivity contribution in [2.24, 2.45) is 17.9 Å². The molecule has 6 rings (SSSR count). The number of aryl methyl sites for hydroxylation is 2. The molecule has 0 amide bonds. The van der Waals surface area contributed by atoms with Crippen LogP contribution < -0.4 is 9.30 Å². The Morgan fingerprint density at radius 2 is 1.51 bits per heavy atom.